The topological polar surface area (TPSA) is 72.2 Å². The molecule has 0 amide bonds. The van der Waals surface area contributed by atoms with Crippen molar-refractivity contribution in [1.29, 1.82) is 0 Å². The van der Waals surface area contributed by atoms with Gasteiger partial charge in [-0.1, -0.05) is 44.2 Å². The number of aromatic nitrogens is 4. The smallest absolute Gasteiger partial charge is 0.204 e. The third kappa shape index (κ3) is 3.33. The lowest BCUT2D eigenvalue weighted by Gasteiger charge is -2.11. The van der Waals surface area contributed by atoms with Crippen LogP contribution in [0.15, 0.2) is 48.5 Å². The third-order valence-electron chi connectivity index (χ3n) is 4.80. The highest BCUT2D eigenvalue weighted by molar-refractivity contribution is 6.10. The Morgan fingerprint density at radius 3 is 2.61 bits per heavy atom. The second-order valence-corrected chi connectivity index (χ2v) is 7.37. The van der Waals surface area contributed by atoms with Crippen LogP contribution in [0.25, 0.3) is 16.7 Å². The Morgan fingerprint density at radius 1 is 1.07 bits per heavy atom. The Morgan fingerprint density at radius 2 is 1.86 bits per heavy atom. The van der Waals surface area contributed by atoms with E-state index in [1.807, 2.05) is 59.9 Å². The lowest BCUT2D eigenvalue weighted by molar-refractivity contribution is 0.103. The quantitative estimate of drug-likeness (QED) is 0.511. The molecule has 2 aromatic heterocycles. The van der Waals surface area contributed by atoms with Crippen LogP contribution in [-0.2, 0) is 0 Å². The fraction of sp³-hybridized carbons (Fsp3) is 0.273. The summed E-state index contributed by atoms with van der Waals surface area (Å²) in [5, 5.41) is 11.9. The molecule has 0 aliphatic carbocycles. The predicted molar refractivity (Wildman–Crippen MR) is 111 cm³/mol. The van der Waals surface area contributed by atoms with Crippen LogP contribution in [0.3, 0.4) is 0 Å². The third-order valence-corrected chi connectivity index (χ3v) is 4.80. The highest BCUT2D eigenvalue weighted by Crippen LogP contribution is 2.24. The summed E-state index contributed by atoms with van der Waals surface area (Å²) in [7, 11) is 0. The van der Waals surface area contributed by atoms with E-state index in [0.29, 0.717) is 22.7 Å². The van der Waals surface area contributed by atoms with Gasteiger partial charge in [-0.2, -0.15) is 0 Å². The fourth-order valence-corrected chi connectivity index (χ4v) is 3.27. The Kier molecular flexibility index (Phi) is 4.77. The minimum Gasteiger partial charge on any atom is -0.367 e. The van der Waals surface area contributed by atoms with Crippen LogP contribution in [0.1, 0.15) is 42.0 Å². The van der Waals surface area contributed by atoms with Crippen LogP contribution in [0.4, 0.5) is 5.82 Å². The number of rotatable bonds is 6. The van der Waals surface area contributed by atoms with Crippen LogP contribution in [0.2, 0.25) is 0 Å². The van der Waals surface area contributed by atoms with Gasteiger partial charge in [0.25, 0.3) is 0 Å². The SMILES string of the molecule is Cc1nnc2c(NCCC(C)C)nc3ccc(C(=O)c4ccccc4)cc3n12. The predicted octanol–water partition coefficient (Wildman–Crippen LogP) is 4.27. The average molecular weight is 373 g/mol. The summed E-state index contributed by atoms with van der Waals surface area (Å²) in [6.45, 7) is 7.11. The largest absolute Gasteiger partial charge is 0.367 e. The number of nitrogens with zero attached hydrogens (tertiary/aromatic N) is 4. The molecule has 2 heterocycles. The van der Waals surface area contributed by atoms with Gasteiger partial charge in [0.05, 0.1) is 11.0 Å². The van der Waals surface area contributed by atoms with E-state index in [2.05, 4.69) is 29.4 Å². The van der Waals surface area contributed by atoms with Crippen molar-refractivity contribution >= 4 is 28.3 Å². The van der Waals surface area contributed by atoms with E-state index in [4.69, 9.17) is 4.98 Å². The van der Waals surface area contributed by atoms with Crippen molar-refractivity contribution < 1.29 is 4.79 Å². The van der Waals surface area contributed by atoms with Crippen molar-refractivity contribution in [2.24, 2.45) is 5.92 Å². The molecule has 0 fully saturated rings. The first-order chi connectivity index (χ1) is 13.5. The number of nitrogens with one attached hydrogen (secondary N) is 1. The van der Waals surface area contributed by atoms with Gasteiger partial charge in [-0.15, -0.1) is 10.2 Å². The van der Waals surface area contributed by atoms with E-state index in [1.165, 1.54) is 0 Å². The van der Waals surface area contributed by atoms with Crippen molar-refractivity contribution in [2.45, 2.75) is 27.2 Å². The molecule has 0 saturated carbocycles. The summed E-state index contributed by atoms with van der Waals surface area (Å²) in [6.07, 6.45) is 1.05. The van der Waals surface area contributed by atoms with Crippen molar-refractivity contribution in [3.05, 3.63) is 65.5 Å². The van der Waals surface area contributed by atoms with Gasteiger partial charge in [-0.05, 0) is 37.5 Å². The molecule has 0 aliphatic rings. The number of fused-ring (bicyclic) bond motifs is 3. The summed E-state index contributed by atoms with van der Waals surface area (Å²) in [5.74, 6) is 2.07. The van der Waals surface area contributed by atoms with Crippen molar-refractivity contribution in [3.8, 4) is 0 Å². The molecule has 0 spiro atoms. The maximum Gasteiger partial charge on any atom is 0.204 e. The summed E-state index contributed by atoms with van der Waals surface area (Å²) in [4.78, 5) is 17.6. The van der Waals surface area contributed by atoms with Crippen LogP contribution in [0, 0.1) is 12.8 Å². The summed E-state index contributed by atoms with van der Waals surface area (Å²) in [5.41, 5.74) is 3.59. The van der Waals surface area contributed by atoms with Gasteiger partial charge in [0.2, 0.25) is 5.65 Å². The van der Waals surface area contributed by atoms with Gasteiger partial charge in [-0.25, -0.2) is 4.98 Å². The first-order valence-electron chi connectivity index (χ1n) is 9.53. The Hall–Kier alpha value is -3.28. The molecule has 2 aromatic carbocycles. The number of hydrogen-bond donors (Lipinski definition) is 1. The van der Waals surface area contributed by atoms with E-state index >= 15 is 0 Å². The number of anilines is 1. The maximum absolute atomic E-state index is 12.8. The van der Waals surface area contributed by atoms with Gasteiger partial charge in [0.15, 0.2) is 11.6 Å². The minimum atomic E-state index is -0.0134. The van der Waals surface area contributed by atoms with Gasteiger partial charge in [0, 0.05) is 17.7 Å². The molecular formula is C22H23N5O. The molecule has 0 aliphatic heterocycles. The van der Waals surface area contributed by atoms with Crippen molar-refractivity contribution in [1.82, 2.24) is 19.6 Å². The lowest BCUT2D eigenvalue weighted by atomic mass is 10.0. The second-order valence-electron chi connectivity index (χ2n) is 7.37. The van der Waals surface area contributed by atoms with E-state index < -0.39 is 0 Å². The zero-order valence-electron chi connectivity index (χ0n) is 16.3. The highest BCUT2D eigenvalue weighted by atomic mass is 16.1. The summed E-state index contributed by atoms with van der Waals surface area (Å²) >= 11 is 0. The van der Waals surface area contributed by atoms with E-state index in [0.717, 1.165) is 35.6 Å². The van der Waals surface area contributed by atoms with Gasteiger partial charge >= 0.3 is 0 Å². The van der Waals surface area contributed by atoms with E-state index in [-0.39, 0.29) is 5.78 Å². The minimum absolute atomic E-state index is 0.0134. The van der Waals surface area contributed by atoms with Crippen LogP contribution in [0.5, 0.6) is 0 Å². The maximum atomic E-state index is 12.8. The Bertz CT molecular complexity index is 1150. The summed E-state index contributed by atoms with van der Waals surface area (Å²) in [6, 6.07) is 14.9. The molecule has 6 nitrogen and oxygen atoms in total. The Balaban J connectivity index is 1.80. The zero-order valence-corrected chi connectivity index (χ0v) is 16.3. The molecule has 142 valence electrons. The van der Waals surface area contributed by atoms with Gasteiger partial charge < -0.3 is 5.32 Å². The number of carbonyl (C=O) groups excluding carboxylic acids is 1. The first-order valence-corrected chi connectivity index (χ1v) is 9.53. The second kappa shape index (κ2) is 7.38. The molecule has 4 rings (SSSR count). The Labute approximate surface area is 163 Å². The average Bonchev–Trinajstić information content (AvgIpc) is 3.10. The normalized spacial score (nSPS) is 11.4. The molecule has 1 N–H and O–H groups in total. The number of carbonyl (C=O) groups is 1. The molecule has 4 aromatic rings. The number of aryl methyl sites for hydroxylation is 1. The van der Waals surface area contributed by atoms with Crippen LogP contribution < -0.4 is 5.32 Å². The first kappa shape index (κ1) is 18.1. The van der Waals surface area contributed by atoms with Crippen molar-refractivity contribution in [3.63, 3.8) is 0 Å². The molecule has 0 bridgehead atoms. The number of benzene rings is 2. The zero-order chi connectivity index (χ0) is 19.7. The monoisotopic (exact) mass is 373 g/mol. The number of ketones is 1. The fourth-order valence-electron chi connectivity index (χ4n) is 3.27. The van der Waals surface area contributed by atoms with Crippen molar-refractivity contribution in [2.75, 3.05) is 11.9 Å². The molecule has 0 saturated heterocycles. The molecule has 6 heteroatoms. The highest BCUT2D eigenvalue weighted by Gasteiger charge is 2.16. The van der Waals surface area contributed by atoms with E-state index in [1.54, 1.807) is 0 Å². The number of hydrogen-bond acceptors (Lipinski definition) is 5. The summed E-state index contributed by atoms with van der Waals surface area (Å²) < 4.78 is 1.96. The van der Waals surface area contributed by atoms with Crippen LogP contribution >= 0.6 is 0 Å². The molecule has 0 atom stereocenters. The molecule has 28 heavy (non-hydrogen) atoms. The molecule has 0 unspecified atom stereocenters. The van der Waals surface area contributed by atoms with Crippen LogP contribution in [-0.4, -0.2) is 31.9 Å². The standard InChI is InChI=1S/C22H23N5O/c1-14(2)11-12-23-21-22-26-25-15(3)27(22)19-13-17(9-10-18(19)24-21)20(28)16-7-5-4-6-8-16/h4-10,13-14H,11-12H2,1-3H3,(H,23,24). The van der Waals surface area contributed by atoms with Gasteiger partial charge in [-0.3, -0.25) is 9.20 Å². The lowest BCUT2D eigenvalue weighted by Crippen LogP contribution is -2.09. The molecular weight excluding hydrogens is 350 g/mol. The van der Waals surface area contributed by atoms with E-state index in [9.17, 15) is 4.79 Å². The van der Waals surface area contributed by atoms with Gasteiger partial charge in [0.1, 0.15) is 5.82 Å². The molecule has 0 radical (unpaired) electrons.